The van der Waals surface area contributed by atoms with E-state index in [1.54, 1.807) is 23.9 Å². The second kappa shape index (κ2) is 9.54. The molecular weight excluding hydrogens is 383 g/mol. The largest absolute Gasteiger partial charge is 0.380 e. The molecule has 2 heterocycles. The number of likely N-dealkylation sites (tertiary alicyclic amines) is 1. The van der Waals surface area contributed by atoms with E-state index < -0.39 is 24.0 Å². The van der Waals surface area contributed by atoms with Crippen molar-refractivity contribution in [2.75, 3.05) is 13.1 Å². The first-order valence-corrected chi connectivity index (χ1v) is 10.4. The predicted molar refractivity (Wildman–Crippen MR) is 105 cm³/mol. The van der Waals surface area contributed by atoms with Crippen LogP contribution in [0.5, 0.6) is 0 Å². The van der Waals surface area contributed by atoms with E-state index in [1.807, 2.05) is 5.41 Å². The SMILES string of the molecule is O=C(NCCC1CC=CS1)[C@H](O)[C@@H](O)C(=O)N1CCC[C@@H]1c1ccc(F)cc1. The van der Waals surface area contributed by atoms with Crippen molar-refractivity contribution in [3.05, 3.63) is 47.1 Å². The van der Waals surface area contributed by atoms with Crippen LogP contribution in [0.25, 0.3) is 0 Å². The van der Waals surface area contributed by atoms with Crippen LogP contribution in [0.1, 0.15) is 37.3 Å². The van der Waals surface area contributed by atoms with Crippen molar-refractivity contribution in [3.63, 3.8) is 0 Å². The molecule has 8 heteroatoms. The minimum atomic E-state index is -1.83. The number of allylic oxidation sites excluding steroid dienone is 1. The fourth-order valence-electron chi connectivity index (χ4n) is 3.59. The van der Waals surface area contributed by atoms with Crippen molar-refractivity contribution in [2.45, 2.75) is 49.2 Å². The fraction of sp³-hybridized carbons (Fsp3) is 0.500. The highest BCUT2D eigenvalue weighted by Gasteiger charge is 2.38. The van der Waals surface area contributed by atoms with Crippen LogP contribution >= 0.6 is 11.8 Å². The fourth-order valence-corrected chi connectivity index (χ4v) is 4.51. The van der Waals surface area contributed by atoms with E-state index in [0.29, 0.717) is 24.8 Å². The Kier molecular flexibility index (Phi) is 7.09. The molecule has 2 amide bonds. The van der Waals surface area contributed by atoms with Crippen LogP contribution in [-0.2, 0) is 9.59 Å². The molecule has 0 spiro atoms. The van der Waals surface area contributed by atoms with Crippen LogP contribution in [0, 0.1) is 5.82 Å². The molecule has 1 aromatic rings. The summed E-state index contributed by atoms with van der Waals surface area (Å²) in [6, 6.07) is 5.57. The van der Waals surface area contributed by atoms with Gasteiger partial charge in [-0.1, -0.05) is 18.2 Å². The minimum Gasteiger partial charge on any atom is -0.380 e. The number of hydrogen-bond acceptors (Lipinski definition) is 5. The number of nitrogens with zero attached hydrogens (tertiary/aromatic N) is 1. The van der Waals surface area contributed by atoms with Gasteiger partial charge in [0.15, 0.2) is 12.2 Å². The number of amides is 2. The van der Waals surface area contributed by atoms with Gasteiger partial charge in [0, 0.05) is 18.3 Å². The lowest BCUT2D eigenvalue weighted by molar-refractivity contribution is -0.153. The maximum absolute atomic E-state index is 13.1. The van der Waals surface area contributed by atoms with Gasteiger partial charge >= 0.3 is 0 Å². The third-order valence-electron chi connectivity index (χ3n) is 5.14. The summed E-state index contributed by atoms with van der Waals surface area (Å²) < 4.78 is 13.1. The van der Waals surface area contributed by atoms with Crippen molar-refractivity contribution in [1.29, 1.82) is 0 Å². The first-order valence-electron chi connectivity index (χ1n) is 9.47. The van der Waals surface area contributed by atoms with Gasteiger partial charge in [-0.25, -0.2) is 4.39 Å². The predicted octanol–water partition coefficient (Wildman–Crippen LogP) is 1.74. The number of benzene rings is 1. The van der Waals surface area contributed by atoms with E-state index in [2.05, 4.69) is 11.4 Å². The van der Waals surface area contributed by atoms with E-state index in [0.717, 1.165) is 24.8 Å². The molecule has 152 valence electrons. The molecule has 4 atom stereocenters. The summed E-state index contributed by atoms with van der Waals surface area (Å²) >= 11 is 1.70. The summed E-state index contributed by atoms with van der Waals surface area (Å²) in [5.74, 6) is -1.81. The van der Waals surface area contributed by atoms with Crippen LogP contribution in [0.2, 0.25) is 0 Å². The summed E-state index contributed by atoms with van der Waals surface area (Å²) in [6.07, 6.45) is 1.53. The molecule has 3 rings (SSSR count). The van der Waals surface area contributed by atoms with E-state index >= 15 is 0 Å². The second-order valence-electron chi connectivity index (χ2n) is 7.08. The second-order valence-corrected chi connectivity index (χ2v) is 8.29. The lowest BCUT2D eigenvalue weighted by atomic mass is 10.0. The van der Waals surface area contributed by atoms with Crippen LogP contribution in [0.3, 0.4) is 0 Å². The van der Waals surface area contributed by atoms with Crippen molar-refractivity contribution in [1.82, 2.24) is 10.2 Å². The Morgan fingerprint density at radius 1 is 1.25 bits per heavy atom. The third-order valence-corrected chi connectivity index (χ3v) is 6.31. The molecule has 3 N–H and O–H groups in total. The topological polar surface area (TPSA) is 89.9 Å². The first kappa shape index (κ1) is 20.8. The maximum atomic E-state index is 13.1. The number of aliphatic hydroxyl groups excluding tert-OH is 2. The summed E-state index contributed by atoms with van der Waals surface area (Å²) in [5, 5.41) is 25.4. The molecule has 1 unspecified atom stereocenters. The molecule has 0 bridgehead atoms. The zero-order chi connectivity index (χ0) is 20.1. The average Bonchev–Trinajstić information content (AvgIpc) is 3.38. The maximum Gasteiger partial charge on any atom is 0.255 e. The molecule has 1 aromatic carbocycles. The van der Waals surface area contributed by atoms with E-state index in [4.69, 9.17) is 0 Å². The minimum absolute atomic E-state index is 0.301. The van der Waals surface area contributed by atoms with Crippen LogP contribution in [0.15, 0.2) is 35.7 Å². The number of thioether (sulfide) groups is 1. The molecule has 0 aromatic heterocycles. The molecule has 1 fully saturated rings. The van der Waals surface area contributed by atoms with Crippen LogP contribution in [-0.4, -0.2) is 57.5 Å². The van der Waals surface area contributed by atoms with Gasteiger partial charge in [0.25, 0.3) is 11.8 Å². The quantitative estimate of drug-likeness (QED) is 0.639. The van der Waals surface area contributed by atoms with Crippen molar-refractivity contribution in [3.8, 4) is 0 Å². The Hall–Kier alpha value is -1.90. The Bertz CT molecular complexity index is 719. The monoisotopic (exact) mass is 408 g/mol. The summed E-state index contributed by atoms with van der Waals surface area (Å²) in [6.45, 7) is 0.788. The van der Waals surface area contributed by atoms with Gasteiger partial charge in [-0.05, 0) is 48.8 Å². The third kappa shape index (κ3) is 4.92. The first-order chi connectivity index (χ1) is 13.5. The highest BCUT2D eigenvalue weighted by Crippen LogP contribution is 2.32. The number of hydrogen-bond donors (Lipinski definition) is 3. The number of aliphatic hydroxyl groups is 2. The zero-order valence-corrected chi connectivity index (χ0v) is 16.3. The highest BCUT2D eigenvalue weighted by atomic mass is 32.2. The molecule has 6 nitrogen and oxygen atoms in total. The van der Waals surface area contributed by atoms with Crippen molar-refractivity contribution >= 4 is 23.6 Å². The molecule has 28 heavy (non-hydrogen) atoms. The molecule has 0 aliphatic carbocycles. The van der Waals surface area contributed by atoms with E-state index in [1.165, 1.54) is 17.0 Å². The van der Waals surface area contributed by atoms with Crippen molar-refractivity contribution in [2.24, 2.45) is 0 Å². The lowest BCUT2D eigenvalue weighted by Crippen LogP contribution is -2.50. The molecule has 2 aliphatic rings. The summed E-state index contributed by atoms with van der Waals surface area (Å²) in [7, 11) is 0. The molecule has 2 aliphatic heterocycles. The van der Waals surface area contributed by atoms with Crippen LogP contribution < -0.4 is 5.32 Å². The Morgan fingerprint density at radius 2 is 2.00 bits per heavy atom. The standard InChI is InChI=1S/C20H25FN2O4S/c21-14-7-5-13(6-8-14)16-4-1-11-23(16)20(27)18(25)17(24)19(26)22-10-9-15-3-2-12-28-15/h2,5-8,12,15-18,24-25H,1,3-4,9-11H2,(H,22,26)/t15?,16-,17-,18-/m1/s1. The van der Waals surface area contributed by atoms with Crippen LogP contribution in [0.4, 0.5) is 4.39 Å². The van der Waals surface area contributed by atoms with Crippen molar-refractivity contribution < 1.29 is 24.2 Å². The van der Waals surface area contributed by atoms with E-state index in [-0.39, 0.29) is 11.9 Å². The number of nitrogens with one attached hydrogen (secondary N) is 1. The number of carbonyl (C=O) groups is 2. The molecule has 1 saturated heterocycles. The molecular formula is C20H25FN2O4S. The van der Waals surface area contributed by atoms with Gasteiger partial charge in [0.1, 0.15) is 5.82 Å². The van der Waals surface area contributed by atoms with Gasteiger partial charge in [0.05, 0.1) is 6.04 Å². The summed E-state index contributed by atoms with van der Waals surface area (Å²) in [5.41, 5.74) is 0.765. The Morgan fingerprint density at radius 3 is 2.68 bits per heavy atom. The number of carbonyl (C=O) groups excluding carboxylic acids is 2. The van der Waals surface area contributed by atoms with E-state index in [9.17, 15) is 24.2 Å². The smallest absolute Gasteiger partial charge is 0.255 e. The zero-order valence-electron chi connectivity index (χ0n) is 15.5. The molecule has 0 radical (unpaired) electrons. The lowest BCUT2D eigenvalue weighted by Gasteiger charge is -2.28. The van der Waals surface area contributed by atoms with Gasteiger partial charge in [-0.3, -0.25) is 9.59 Å². The number of rotatable bonds is 7. The van der Waals surface area contributed by atoms with Gasteiger partial charge < -0.3 is 20.4 Å². The normalized spacial score (nSPS) is 23.6. The van der Waals surface area contributed by atoms with Gasteiger partial charge in [-0.2, -0.15) is 0 Å². The Labute approximate surface area is 167 Å². The summed E-state index contributed by atoms with van der Waals surface area (Å²) in [4.78, 5) is 26.2. The number of halogens is 1. The van der Waals surface area contributed by atoms with Gasteiger partial charge in [-0.15, -0.1) is 11.8 Å². The Balaban J connectivity index is 1.54. The average molecular weight is 408 g/mol. The van der Waals surface area contributed by atoms with Gasteiger partial charge in [0.2, 0.25) is 0 Å². The molecule has 0 saturated carbocycles. The highest BCUT2D eigenvalue weighted by molar-refractivity contribution is 8.03.